The van der Waals surface area contributed by atoms with Gasteiger partial charge in [0.05, 0.1) is 12.0 Å². The molecule has 88 valence electrons. The Morgan fingerprint density at radius 2 is 2.19 bits per heavy atom. The van der Waals surface area contributed by atoms with Crippen LogP contribution in [-0.4, -0.2) is 35.4 Å². The number of carbonyl (C=O) groups is 3. The number of aliphatic hydroxyl groups is 1. The van der Waals surface area contributed by atoms with E-state index in [-0.39, 0.29) is 37.4 Å². The molecule has 16 heavy (non-hydrogen) atoms. The maximum atomic E-state index is 11.5. The van der Waals surface area contributed by atoms with E-state index in [4.69, 9.17) is 4.74 Å². The highest BCUT2D eigenvalue weighted by atomic mass is 16.5. The maximum Gasteiger partial charge on any atom is 0.330 e. The summed E-state index contributed by atoms with van der Waals surface area (Å²) in [7, 11) is 0. The molecule has 1 aliphatic carbocycles. The van der Waals surface area contributed by atoms with Gasteiger partial charge in [-0.25, -0.2) is 4.79 Å². The minimum atomic E-state index is -1.06. The third kappa shape index (κ3) is 3.27. The van der Waals surface area contributed by atoms with Gasteiger partial charge in [-0.3, -0.25) is 9.59 Å². The van der Waals surface area contributed by atoms with E-state index in [1.165, 1.54) is 0 Å². The van der Waals surface area contributed by atoms with Crippen LogP contribution in [0.15, 0.2) is 12.7 Å². The Labute approximate surface area is 93.1 Å². The van der Waals surface area contributed by atoms with Crippen molar-refractivity contribution >= 4 is 17.5 Å². The van der Waals surface area contributed by atoms with Crippen LogP contribution in [0.25, 0.3) is 0 Å². The monoisotopic (exact) mass is 226 g/mol. The second kappa shape index (κ2) is 5.55. The summed E-state index contributed by atoms with van der Waals surface area (Å²) < 4.78 is 4.71. The van der Waals surface area contributed by atoms with E-state index >= 15 is 0 Å². The third-order valence-corrected chi connectivity index (χ3v) is 2.54. The summed E-state index contributed by atoms with van der Waals surface area (Å²) in [6.45, 7) is 3.02. The molecule has 0 aliphatic heterocycles. The molecule has 1 N–H and O–H groups in total. The topological polar surface area (TPSA) is 80.7 Å². The molecule has 0 amide bonds. The predicted octanol–water partition coefficient (Wildman–Crippen LogP) is 0.0148. The number of carbonyl (C=O) groups excluding carboxylic acids is 3. The lowest BCUT2D eigenvalue weighted by molar-refractivity contribution is -0.142. The molecule has 0 aromatic rings. The minimum Gasteiger partial charge on any atom is -0.462 e. The van der Waals surface area contributed by atoms with Gasteiger partial charge in [0.2, 0.25) is 0 Å². The predicted molar refractivity (Wildman–Crippen MR) is 54.5 cm³/mol. The number of rotatable bonds is 3. The average molecular weight is 226 g/mol. The molecule has 2 atom stereocenters. The highest BCUT2D eigenvalue weighted by molar-refractivity contribution is 5.91. The van der Waals surface area contributed by atoms with Crippen molar-refractivity contribution in [3.63, 3.8) is 0 Å². The van der Waals surface area contributed by atoms with E-state index in [1.54, 1.807) is 0 Å². The normalized spacial score (nSPS) is 26.1. The Hall–Kier alpha value is -1.49. The SMILES string of the molecule is C=CC(=O)OCC1C(=O)CCC(=O)CC1O. The summed E-state index contributed by atoms with van der Waals surface area (Å²) in [4.78, 5) is 33.5. The maximum absolute atomic E-state index is 11.5. The van der Waals surface area contributed by atoms with E-state index in [0.29, 0.717) is 0 Å². The van der Waals surface area contributed by atoms with Gasteiger partial charge in [-0.2, -0.15) is 0 Å². The first-order valence-corrected chi connectivity index (χ1v) is 5.06. The zero-order valence-electron chi connectivity index (χ0n) is 8.85. The first-order chi connectivity index (χ1) is 7.54. The Morgan fingerprint density at radius 1 is 1.50 bits per heavy atom. The lowest BCUT2D eigenvalue weighted by atomic mass is 9.97. The zero-order chi connectivity index (χ0) is 12.1. The van der Waals surface area contributed by atoms with Crippen LogP contribution in [-0.2, 0) is 19.1 Å². The lowest BCUT2D eigenvalue weighted by Crippen LogP contribution is -2.32. The van der Waals surface area contributed by atoms with E-state index in [9.17, 15) is 19.5 Å². The van der Waals surface area contributed by atoms with E-state index < -0.39 is 18.0 Å². The van der Waals surface area contributed by atoms with Crippen molar-refractivity contribution in [2.24, 2.45) is 5.92 Å². The highest BCUT2D eigenvalue weighted by Crippen LogP contribution is 2.19. The Balaban J connectivity index is 2.60. The van der Waals surface area contributed by atoms with Crippen LogP contribution in [0.4, 0.5) is 0 Å². The largest absolute Gasteiger partial charge is 0.462 e. The molecule has 1 rings (SSSR count). The van der Waals surface area contributed by atoms with Crippen molar-refractivity contribution in [1.82, 2.24) is 0 Å². The Morgan fingerprint density at radius 3 is 2.81 bits per heavy atom. The molecule has 1 aliphatic rings. The number of aliphatic hydroxyl groups excluding tert-OH is 1. The van der Waals surface area contributed by atoms with Crippen LogP contribution < -0.4 is 0 Å². The smallest absolute Gasteiger partial charge is 0.330 e. The molecule has 1 saturated carbocycles. The fraction of sp³-hybridized carbons (Fsp3) is 0.545. The molecule has 0 saturated heterocycles. The van der Waals surface area contributed by atoms with Crippen molar-refractivity contribution in [3.05, 3.63) is 12.7 Å². The van der Waals surface area contributed by atoms with Crippen molar-refractivity contribution in [2.45, 2.75) is 25.4 Å². The summed E-state index contributed by atoms with van der Waals surface area (Å²) in [6, 6.07) is 0. The molecule has 0 radical (unpaired) electrons. The average Bonchev–Trinajstić information content (AvgIpc) is 2.36. The number of Topliss-reactive ketones (excluding diaryl/α,β-unsaturated/α-hetero) is 2. The van der Waals surface area contributed by atoms with Gasteiger partial charge in [0.25, 0.3) is 0 Å². The molecular formula is C11H14O5. The summed E-state index contributed by atoms with van der Waals surface area (Å²) in [5, 5.41) is 9.62. The van der Waals surface area contributed by atoms with Gasteiger partial charge in [0, 0.05) is 25.3 Å². The quantitative estimate of drug-likeness (QED) is 0.416. The first-order valence-electron chi connectivity index (χ1n) is 5.06. The molecule has 1 fully saturated rings. The number of ketones is 2. The summed E-state index contributed by atoms with van der Waals surface area (Å²) >= 11 is 0. The van der Waals surface area contributed by atoms with Gasteiger partial charge < -0.3 is 9.84 Å². The second-order valence-electron chi connectivity index (χ2n) is 3.72. The number of ether oxygens (including phenoxy) is 1. The molecule has 0 heterocycles. The van der Waals surface area contributed by atoms with Gasteiger partial charge >= 0.3 is 5.97 Å². The second-order valence-corrected chi connectivity index (χ2v) is 3.72. The summed E-state index contributed by atoms with van der Waals surface area (Å²) in [6.07, 6.45) is 0.134. The van der Waals surface area contributed by atoms with Crippen LogP contribution in [0.3, 0.4) is 0 Å². The third-order valence-electron chi connectivity index (χ3n) is 2.54. The van der Waals surface area contributed by atoms with Gasteiger partial charge in [-0.05, 0) is 0 Å². The number of hydrogen-bond acceptors (Lipinski definition) is 5. The minimum absolute atomic E-state index is 0.0535. The van der Waals surface area contributed by atoms with Crippen LogP contribution >= 0.6 is 0 Å². The van der Waals surface area contributed by atoms with Crippen molar-refractivity contribution in [3.8, 4) is 0 Å². The number of esters is 1. The lowest BCUT2D eigenvalue weighted by Gasteiger charge is -2.17. The Kier molecular flexibility index (Phi) is 4.37. The highest BCUT2D eigenvalue weighted by Gasteiger charge is 2.32. The van der Waals surface area contributed by atoms with Gasteiger partial charge in [0.1, 0.15) is 18.2 Å². The van der Waals surface area contributed by atoms with Crippen LogP contribution in [0.1, 0.15) is 19.3 Å². The Bertz CT molecular complexity index is 320. The molecule has 0 spiro atoms. The van der Waals surface area contributed by atoms with Crippen molar-refractivity contribution in [1.29, 1.82) is 0 Å². The fourth-order valence-corrected chi connectivity index (χ4v) is 1.58. The molecule has 5 heteroatoms. The van der Waals surface area contributed by atoms with E-state index in [0.717, 1.165) is 6.08 Å². The van der Waals surface area contributed by atoms with Gasteiger partial charge in [-0.1, -0.05) is 6.58 Å². The molecule has 5 nitrogen and oxygen atoms in total. The fourth-order valence-electron chi connectivity index (χ4n) is 1.58. The zero-order valence-corrected chi connectivity index (χ0v) is 8.85. The van der Waals surface area contributed by atoms with Crippen molar-refractivity contribution in [2.75, 3.05) is 6.61 Å². The standard InChI is InChI=1S/C11H14O5/c1-2-11(15)16-6-8-9(13)4-3-7(12)5-10(8)14/h2,8,10,14H,1,3-6H2. The van der Waals surface area contributed by atoms with E-state index in [1.807, 2.05) is 0 Å². The van der Waals surface area contributed by atoms with E-state index in [2.05, 4.69) is 6.58 Å². The summed E-state index contributed by atoms with van der Waals surface area (Å²) in [5.74, 6) is -1.82. The first kappa shape index (κ1) is 12.6. The molecule has 0 aromatic carbocycles. The molecule has 2 unspecified atom stereocenters. The van der Waals surface area contributed by atoms with Gasteiger partial charge in [0.15, 0.2) is 0 Å². The molecular weight excluding hydrogens is 212 g/mol. The van der Waals surface area contributed by atoms with Crippen LogP contribution in [0, 0.1) is 5.92 Å². The van der Waals surface area contributed by atoms with Gasteiger partial charge in [-0.15, -0.1) is 0 Å². The molecule has 0 bridgehead atoms. The number of hydrogen-bond donors (Lipinski definition) is 1. The van der Waals surface area contributed by atoms with Crippen LogP contribution in [0.5, 0.6) is 0 Å². The molecule has 0 aromatic heterocycles. The summed E-state index contributed by atoms with van der Waals surface area (Å²) in [5.41, 5.74) is 0. The van der Waals surface area contributed by atoms with Crippen molar-refractivity contribution < 1.29 is 24.2 Å². The van der Waals surface area contributed by atoms with Crippen LogP contribution in [0.2, 0.25) is 0 Å².